The predicted octanol–water partition coefficient (Wildman–Crippen LogP) is 3.84. The lowest BCUT2D eigenvalue weighted by Gasteiger charge is -2.30. The number of hydrogen-bond acceptors (Lipinski definition) is 5. The minimum absolute atomic E-state index is 0.431. The Morgan fingerprint density at radius 3 is 2.60 bits per heavy atom. The fraction of sp³-hybridized carbons (Fsp3) is 0.733. The summed E-state index contributed by atoms with van der Waals surface area (Å²) >= 11 is 1.87. The summed E-state index contributed by atoms with van der Waals surface area (Å²) in [6.07, 6.45) is 0. The van der Waals surface area contributed by atoms with Gasteiger partial charge in [-0.3, -0.25) is 0 Å². The Balaban J connectivity index is 0.000000956. The van der Waals surface area contributed by atoms with E-state index in [1.54, 1.807) is 0 Å². The monoisotopic (exact) mass is 297 g/mol. The zero-order valence-electron chi connectivity index (χ0n) is 13.6. The van der Waals surface area contributed by atoms with Crippen molar-refractivity contribution in [1.29, 1.82) is 0 Å². The highest BCUT2D eigenvalue weighted by atomic mass is 32.2. The largest absolute Gasteiger partial charge is 0.361 e. The molecule has 0 spiro atoms. The first-order valence-electron chi connectivity index (χ1n) is 7.47. The first-order chi connectivity index (χ1) is 9.63. The predicted molar refractivity (Wildman–Crippen MR) is 86.8 cm³/mol. The third kappa shape index (κ3) is 4.09. The SMILES string of the molecule is CC.CCOCN1CCSc2c(C(C)C)nc(C)nc21. The molecule has 2 rings (SSSR count). The van der Waals surface area contributed by atoms with Crippen LogP contribution >= 0.6 is 11.8 Å². The molecule has 20 heavy (non-hydrogen) atoms. The second-order valence-corrected chi connectivity index (χ2v) is 5.80. The average molecular weight is 297 g/mol. The van der Waals surface area contributed by atoms with Gasteiger partial charge in [-0.25, -0.2) is 9.97 Å². The number of ether oxygens (including phenoxy) is 1. The van der Waals surface area contributed by atoms with E-state index >= 15 is 0 Å². The van der Waals surface area contributed by atoms with Crippen LogP contribution in [0.2, 0.25) is 0 Å². The first-order valence-corrected chi connectivity index (χ1v) is 8.46. The van der Waals surface area contributed by atoms with E-state index in [9.17, 15) is 0 Å². The summed E-state index contributed by atoms with van der Waals surface area (Å²) in [4.78, 5) is 12.7. The lowest BCUT2D eigenvalue weighted by Crippen LogP contribution is -2.33. The summed E-state index contributed by atoms with van der Waals surface area (Å²) < 4.78 is 5.53. The number of rotatable bonds is 4. The number of hydrogen-bond donors (Lipinski definition) is 0. The van der Waals surface area contributed by atoms with Gasteiger partial charge in [-0.05, 0) is 19.8 Å². The van der Waals surface area contributed by atoms with Gasteiger partial charge in [0.1, 0.15) is 18.4 Å². The summed E-state index contributed by atoms with van der Waals surface area (Å²) in [6.45, 7) is 14.7. The summed E-state index contributed by atoms with van der Waals surface area (Å²) in [6, 6.07) is 0. The molecule has 114 valence electrons. The summed E-state index contributed by atoms with van der Waals surface area (Å²) in [5.74, 6) is 3.41. The molecule has 0 N–H and O–H groups in total. The molecule has 1 aromatic rings. The number of anilines is 1. The topological polar surface area (TPSA) is 38.2 Å². The van der Waals surface area contributed by atoms with Crippen LogP contribution in [0.4, 0.5) is 5.82 Å². The molecule has 0 aliphatic carbocycles. The van der Waals surface area contributed by atoms with Gasteiger partial charge in [0.2, 0.25) is 0 Å². The van der Waals surface area contributed by atoms with Crippen LogP contribution in [0.3, 0.4) is 0 Å². The van der Waals surface area contributed by atoms with E-state index in [1.165, 1.54) is 10.6 Å². The van der Waals surface area contributed by atoms with Crippen LogP contribution in [-0.2, 0) is 4.74 Å². The van der Waals surface area contributed by atoms with E-state index in [2.05, 4.69) is 28.7 Å². The fourth-order valence-corrected chi connectivity index (χ4v) is 3.25. The number of fused-ring (bicyclic) bond motifs is 1. The zero-order chi connectivity index (χ0) is 15.1. The van der Waals surface area contributed by atoms with Crippen LogP contribution in [-0.4, -0.2) is 35.6 Å². The van der Waals surface area contributed by atoms with E-state index in [1.807, 2.05) is 39.5 Å². The van der Waals surface area contributed by atoms with Crippen molar-refractivity contribution in [3.05, 3.63) is 11.5 Å². The Morgan fingerprint density at radius 2 is 2.00 bits per heavy atom. The maximum absolute atomic E-state index is 5.53. The Labute approximate surface area is 127 Å². The van der Waals surface area contributed by atoms with E-state index in [0.29, 0.717) is 12.6 Å². The van der Waals surface area contributed by atoms with Gasteiger partial charge in [-0.1, -0.05) is 27.7 Å². The van der Waals surface area contributed by atoms with Crippen molar-refractivity contribution in [3.63, 3.8) is 0 Å². The fourth-order valence-electron chi connectivity index (χ4n) is 2.00. The van der Waals surface area contributed by atoms with Gasteiger partial charge in [0.05, 0.1) is 10.6 Å². The van der Waals surface area contributed by atoms with Gasteiger partial charge < -0.3 is 9.64 Å². The van der Waals surface area contributed by atoms with Gasteiger partial charge in [-0.2, -0.15) is 0 Å². The van der Waals surface area contributed by atoms with E-state index in [0.717, 1.165) is 30.5 Å². The molecule has 2 heterocycles. The number of thioether (sulfide) groups is 1. The highest BCUT2D eigenvalue weighted by molar-refractivity contribution is 7.99. The first kappa shape index (κ1) is 17.2. The van der Waals surface area contributed by atoms with Crippen molar-refractivity contribution in [2.45, 2.75) is 52.4 Å². The maximum atomic E-state index is 5.53. The second kappa shape index (κ2) is 8.47. The van der Waals surface area contributed by atoms with Gasteiger partial charge in [0, 0.05) is 18.9 Å². The van der Waals surface area contributed by atoms with Crippen molar-refractivity contribution in [3.8, 4) is 0 Å². The molecule has 0 fully saturated rings. The number of nitrogens with zero attached hydrogens (tertiary/aromatic N) is 3. The van der Waals surface area contributed by atoms with Gasteiger partial charge in [0.25, 0.3) is 0 Å². The van der Waals surface area contributed by atoms with E-state index in [-0.39, 0.29) is 0 Å². The second-order valence-electron chi connectivity index (χ2n) is 4.70. The lowest BCUT2D eigenvalue weighted by molar-refractivity contribution is 0.147. The maximum Gasteiger partial charge on any atom is 0.148 e. The minimum atomic E-state index is 0.431. The minimum Gasteiger partial charge on any atom is -0.361 e. The molecule has 0 saturated heterocycles. The molecule has 1 aliphatic heterocycles. The van der Waals surface area contributed by atoms with Crippen LogP contribution in [0.15, 0.2) is 4.90 Å². The van der Waals surface area contributed by atoms with Gasteiger partial charge in [0.15, 0.2) is 0 Å². The number of aryl methyl sites for hydroxylation is 1. The molecule has 0 unspecified atom stereocenters. The molecule has 1 aromatic heterocycles. The molecule has 0 aromatic carbocycles. The summed E-state index contributed by atoms with van der Waals surface area (Å²) in [7, 11) is 0. The highest BCUT2D eigenvalue weighted by Gasteiger charge is 2.24. The van der Waals surface area contributed by atoms with Crippen molar-refractivity contribution in [2.24, 2.45) is 0 Å². The summed E-state index contributed by atoms with van der Waals surface area (Å²) in [5.41, 5.74) is 1.17. The quantitative estimate of drug-likeness (QED) is 0.844. The van der Waals surface area contributed by atoms with Gasteiger partial charge in [-0.15, -0.1) is 11.8 Å². The molecule has 5 heteroatoms. The van der Waals surface area contributed by atoms with Crippen LogP contribution in [0.25, 0.3) is 0 Å². The number of aromatic nitrogens is 2. The Hall–Kier alpha value is -0.810. The van der Waals surface area contributed by atoms with Crippen molar-refractivity contribution < 1.29 is 4.74 Å². The van der Waals surface area contributed by atoms with Crippen LogP contribution in [0, 0.1) is 6.92 Å². The zero-order valence-corrected chi connectivity index (χ0v) is 14.4. The average Bonchev–Trinajstić information content (AvgIpc) is 2.46. The highest BCUT2D eigenvalue weighted by Crippen LogP contribution is 2.37. The third-order valence-electron chi connectivity index (χ3n) is 2.89. The lowest BCUT2D eigenvalue weighted by atomic mass is 10.1. The van der Waals surface area contributed by atoms with Crippen LogP contribution < -0.4 is 4.90 Å². The molecular weight excluding hydrogens is 270 g/mol. The molecule has 4 nitrogen and oxygen atoms in total. The van der Waals surface area contributed by atoms with Gasteiger partial charge >= 0.3 is 0 Å². The van der Waals surface area contributed by atoms with Crippen molar-refractivity contribution in [1.82, 2.24) is 9.97 Å². The van der Waals surface area contributed by atoms with Crippen LogP contribution in [0.1, 0.15) is 52.1 Å². The van der Waals surface area contributed by atoms with Crippen molar-refractivity contribution in [2.75, 3.05) is 30.5 Å². The smallest absolute Gasteiger partial charge is 0.148 e. The molecule has 0 bridgehead atoms. The molecule has 1 aliphatic rings. The third-order valence-corrected chi connectivity index (χ3v) is 3.96. The Morgan fingerprint density at radius 1 is 1.30 bits per heavy atom. The molecule has 0 saturated carbocycles. The summed E-state index contributed by atoms with van der Waals surface area (Å²) in [5, 5.41) is 0. The van der Waals surface area contributed by atoms with Crippen LogP contribution in [0.5, 0.6) is 0 Å². The van der Waals surface area contributed by atoms with E-state index in [4.69, 9.17) is 4.74 Å². The molecule has 0 atom stereocenters. The molecule has 0 radical (unpaired) electrons. The van der Waals surface area contributed by atoms with Crippen molar-refractivity contribution >= 4 is 17.6 Å². The molecule has 0 amide bonds. The Bertz CT molecular complexity index is 424. The molecular formula is C15H27N3OS. The Kier molecular flexibility index (Phi) is 7.30. The normalized spacial score (nSPS) is 13.8. The van der Waals surface area contributed by atoms with E-state index < -0.39 is 0 Å². The standard InChI is InChI=1S/C13H21N3OS.C2H6/c1-5-17-8-16-6-7-18-12-11(9(2)3)14-10(4)15-13(12)16;1-2/h9H,5-8H2,1-4H3;1-2H3.